The van der Waals surface area contributed by atoms with E-state index in [1.165, 1.54) is 6.92 Å². The molecule has 0 amide bonds. The average molecular weight is 411 g/mol. The Morgan fingerprint density at radius 2 is 2.00 bits per heavy atom. The number of hydrogen-bond acceptors (Lipinski definition) is 5. The van der Waals surface area contributed by atoms with Crippen molar-refractivity contribution in [2.45, 2.75) is 52.6 Å². The van der Waals surface area contributed by atoms with Crippen LogP contribution in [-0.2, 0) is 19.1 Å². The smallest absolute Gasteiger partial charge is 0.303 e. The molecule has 4 rings (SSSR count). The third-order valence-corrected chi connectivity index (χ3v) is 7.78. The van der Waals surface area contributed by atoms with Crippen LogP contribution in [0.25, 0.3) is 0 Å². The van der Waals surface area contributed by atoms with Crippen LogP contribution in [0.15, 0.2) is 35.5 Å². The minimum absolute atomic E-state index is 0.0296. The number of carbonyl (C=O) groups is 3. The number of allylic oxidation sites excluding steroid dienone is 5. The summed E-state index contributed by atoms with van der Waals surface area (Å²) in [6.45, 7) is 5.28. The van der Waals surface area contributed by atoms with Gasteiger partial charge in [0.25, 0.3) is 0 Å². The average Bonchev–Trinajstić information content (AvgIpc) is 3.04. The number of aliphatic hydroxyl groups is 1. The molecule has 1 N–H and O–H groups in total. The standard InChI is InChI=1S/C23H28O5.C2H2/c1-13(24)28-12-20(27)18-7-6-17-16-5-4-14-10-15(25)8-9-22(14,2)21(16)19(26)11-23(17,18)3;1-2/h7-10,16-17,19,21,26H,4-6,11-12H2,1-3H3;1-2H. The minimum Gasteiger partial charge on any atom is -0.457 e. The third kappa shape index (κ3) is 3.37. The molecule has 30 heavy (non-hydrogen) atoms. The molecule has 6 unspecified atom stereocenters. The van der Waals surface area contributed by atoms with Crippen molar-refractivity contribution in [2.24, 2.45) is 28.6 Å². The van der Waals surface area contributed by atoms with Crippen LogP contribution in [0.2, 0.25) is 0 Å². The van der Waals surface area contributed by atoms with E-state index >= 15 is 0 Å². The lowest BCUT2D eigenvalue weighted by atomic mass is 9.47. The van der Waals surface area contributed by atoms with E-state index in [9.17, 15) is 19.5 Å². The highest BCUT2D eigenvalue weighted by Crippen LogP contribution is 2.64. The van der Waals surface area contributed by atoms with Crippen LogP contribution in [0.4, 0.5) is 0 Å². The lowest BCUT2D eigenvalue weighted by Crippen LogP contribution is -2.55. The van der Waals surface area contributed by atoms with Crippen LogP contribution in [0, 0.1) is 41.4 Å². The largest absolute Gasteiger partial charge is 0.457 e. The highest BCUT2D eigenvalue weighted by molar-refractivity contribution is 6.01. The Kier molecular flexibility index (Phi) is 5.93. The van der Waals surface area contributed by atoms with E-state index in [0.29, 0.717) is 12.0 Å². The van der Waals surface area contributed by atoms with Gasteiger partial charge in [0.05, 0.1) is 6.10 Å². The Bertz CT molecular complexity index is 875. The molecule has 2 saturated carbocycles. The van der Waals surface area contributed by atoms with Crippen LogP contribution < -0.4 is 0 Å². The summed E-state index contributed by atoms with van der Waals surface area (Å²) in [5.74, 6) is 0.0194. The second kappa shape index (κ2) is 8.00. The summed E-state index contributed by atoms with van der Waals surface area (Å²) < 4.78 is 4.93. The Balaban J connectivity index is 0.00000124. The highest BCUT2D eigenvalue weighted by Gasteiger charge is 2.60. The van der Waals surface area contributed by atoms with Crippen LogP contribution in [0.5, 0.6) is 0 Å². The number of carbonyl (C=O) groups excluding carboxylic acids is 3. The molecule has 0 aromatic carbocycles. The fourth-order valence-corrected chi connectivity index (χ4v) is 6.57. The highest BCUT2D eigenvalue weighted by atomic mass is 16.5. The van der Waals surface area contributed by atoms with E-state index in [4.69, 9.17) is 4.74 Å². The number of Topliss-reactive ketones (excluding diaryl/α,β-unsaturated/α-hetero) is 1. The van der Waals surface area contributed by atoms with Crippen LogP contribution in [0.3, 0.4) is 0 Å². The lowest BCUT2D eigenvalue weighted by molar-refractivity contribution is -0.145. The predicted molar refractivity (Wildman–Crippen MR) is 113 cm³/mol. The van der Waals surface area contributed by atoms with Crippen LogP contribution in [-0.4, -0.2) is 35.4 Å². The molecule has 0 aromatic rings. The van der Waals surface area contributed by atoms with Gasteiger partial charge in [-0.15, -0.1) is 12.8 Å². The van der Waals surface area contributed by atoms with Crippen molar-refractivity contribution < 1.29 is 24.2 Å². The molecule has 160 valence electrons. The van der Waals surface area contributed by atoms with Gasteiger partial charge in [-0.05, 0) is 49.7 Å². The van der Waals surface area contributed by atoms with Gasteiger partial charge in [0.1, 0.15) is 0 Å². The first-order valence-corrected chi connectivity index (χ1v) is 10.5. The van der Waals surface area contributed by atoms with Gasteiger partial charge < -0.3 is 9.84 Å². The first kappa shape index (κ1) is 22.2. The zero-order chi connectivity index (χ0) is 22.3. The SMILES string of the molecule is C#C.CC(=O)OCC(=O)C1=CCC2C3CCC4=CC(=O)C=CC4(C)C3C(O)CC12C. The topological polar surface area (TPSA) is 80.7 Å². The summed E-state index contributed by atoms with van der Waals surface area (Å²) in [7, 11) is 0. The van der Waals surface area contributed by atoms with E-state index in [0.717, 1.165) is 24.8 Å². The monoisotopic (exact) mass is 410 g/mol. The number of aliphatic hydroxyl groups excluding tert-OH is 1. The van der Waals surface area contributed by atoms with Gasteiger partial charge >= 0.3 is 5.97 Å². The molecule has 5 heteroatoms. The van der Waals surface area contributed by atoms with E-state index in [1.807, 2.05) is 12.2 Å². The molecule has 6 atom stereocenters. The van der Waals surface area contributed by atoms with Gasteiger partial charge in [-0.1, -0.05) is 31.6 Å². The Labute approximate surface area is 178 Å². The maximum absolute atomic E-state index is 12.7. The molecule has 4 aliphatic rings. The fraction of sp³-hybridized carbons (Fsp3) is 0.560. The molecule has 4 aliphatic carbocycles. The van der Waals surface area contributed by atoms with Gasteiger partial charge in [-0.3, -0.25) is 14.4 Å². The maximum atomic E-state index is 12.7. The van der Waals surface area contributed by atoms with E-state index < -0.39 is 17.5 Å². The number of rotatable bonds is 3. The van der Waals surface area contributed by atoms with Crippen LogP contribution >= 0.6 is 0 Å². The molecule has 0 spiro atoms. The van der Waals surface area contributed by atoms with Crippen molar-refractivity contribution >= 4 is 17.5 Å². The number of fused-ring (bicyclic) bond motifs is 5. The molecular weight excluding hydrogens is 380 g/mol. The number of terminal acetylenes is 1. The van der Waals surface area contributed by atoms with Crippen molar-refractivity contribution in [1.82, 2.24) is 0 Å². The zero-order valence-corrected chi connectivity index (χ0v) is 17.9. The van der Waals surface area contributed by atoms with E-state index in [2.05, 4.69) is 26.7 Å². The normalized spacial score (nSPS) is 38.7. The molecule has 0 bridgehead atoms. The quantitative estimate of drug-likeness (QED) is 0.571. The van der Waals surface area contributed by atoms with Gasteiger partial charge in [0, 0.05) is 29.2 Å². The Morgan fingerprint density at radius 1 is 1.30 bits per heavy atom. The van der Waals surface area contributed by atoms with E-state index in [-0.39, 0.29) is 41.3 Å². The fourth-order valence-electron chi connectivity index (χ4n) is 6.57. The first-order valence-electron chi connectivity index (χ1n) is 10.5. The number of esters is 1. The Morgan fingerprint density at radius 3 is 2.67 bits per heavy atom. The van der Waals surface area contributed by atoms with Crippen molar-refractivity contribution in [3.63, 3.8) is 0 Å². The van der Waals surface area contributed by atoms with Crippen molar-refractivity contribution in [3.8, 4) is 12.8 Å². The zero-order valence-electron chi connectivity index (χ0n) is 17.9. The van der Waals surface area contributed by atoms with E-state index in [1.54, 1.807) is 12.2 Å². The lowest BCUT2D eigenvalue weighted by Gasteiger charge is -2.58. The van der Waals surface area contributed by atoms with Crippen molar-refractivity contribution in [2.75, 3.05) is 6.61 Å². The first-order chi connectivity index (χ1) is 14.2. The summed E-state index contributed by atoms with van der Waals surface area (Å²) >= 11 is 0. The van der Waals surface area contributed by atoms with Gasteiger partial charge in [0.2, 0.25) is 0 Å². The molecule has 2 fully saturated rings. The summed E-state index contributed by atoms with van der Waals surface area (Å²) in [5.41, 5.74) is 1.13. The summed E-state index contributed by atoms with van der Waals surface area (Å²) in [5, 5.41) is 11.2. The van der Waals surface area contributed by atoms with Gasteiger partial charge in [0.15, 0.2) is 18.2 Å². The second-order valence-electron chi connectivity index (χ2n) is 9.27. The molecule has 5 nitrogen and oxygen atoms in total. The van der Waals surface area contributed by atoms with Crippen molar-refractivity contribution in [3.05, 3.63) is 35.5 Å². The number of ketones is 2. The summed E-state index contributed by atoms with van der Waals surface area (Å²) in [6, 6.07) is 0. The molecule has 0 radical (unpaired) electrons. The number of ether oxygens (including phenoxy) is 1. The predicted octanol–water partition coefficient (Wildman–Crippen LogP) is 3.18. The molecular formula is C25H30O5. The van der Waals surface area contributed by atoms with Gasteiger partial charge in [-0.25, -0.2) is 0 Å². The minimum atomic E-state index is -0.555. The van der Waals surface area contributed by atoms with Crippen molar-refractivity contribution in [1.29, 1.82) is 0 Å². The molecule has 0 aliphatic heterocycles. The summed E-state index contributed by atoms with van der Waals surface area (Å²) in [4.78, 5) is 35.7. The Hall–Kier alpha value is -2.45. The third-order valence-electron chi connectivity index (χ3n) is 7.78. The van der Waals surface area contributed by atoms with Crippen LogP contribution in [0.1, 0.15) is 46.5 Å². The van der Waals surface area contributed by atoms with Gasteiger partial charge in [-0.2, -0.15) is 0 Å². The molecule has 0 aromatic heterocycles. The number of hydrogen-bond donors (Lipinski definition) is 1. The molecule has 0 saturated heterocycles. The second-order valence-corrected chi connectivity index (χ2v) is 9.27. The maximum Gasteiger partial charge on any atom is 0.303 e. The summed E-state index contributed by atoms with van der Waals surface area (Å²) in [6.07, 6.45) is 17.9. The molecule has 0 heterocycles.